The molecule has 23 heavy (non-hydrogen) atoms. The summed E-state index contributed by atoms with van der Waals surface area (Å²) in [4.78, 5) is 14.5. The lowest BCUT2D eigenvalue weighted by Gasteiger charge is -2.06. The Hall–Kier alpha value is -2.68. The molecular weight excluding hydrogens is 368 g/mol. The van der Waals surface area contributed by atoms with Gasteiger partial charge in [0.15, 0.2) is 11.5 Å². The highest BCUT2D eigenvalue weighted by molar-refractivity contribution is 9.10. The number of phenolic OH excluding ortho intramolecular Hbond substituents is 1. The van der Waals surface area contributed by atoms with Gasteiger partial charge in [-0.1, -0.05) is 0 Å². The van der Waals surface area contributed by atoms with Gasteiger partial charge in [-0.2, -0.15) is 5.10 Å². The SMILES string of the molecule is COc1cc(/C=N\Nc2nc(C)ccc2[N+](=O)[O-])cc(Br)c1O. The smallest absolute Gasteiger partial charge is 0.313 e. The maximum absolute atomic E-state index is 11.0. The summed E-state index contributed by atoms with van der Waals surface area (Å²) in [6, 6.07) is 6.11. The van der Waals surface area contributed by atoms with Gasteiger partial charge in [0.1, 0.15) is 0 Å². The maximum Gasteiger partial charge on any atom is 0.313 e. The second-order valence-electron chi connectivity index (χ2n) is 4.50. The van der Waals surface area contributed by atoms with Gasteiger partial charge in [0.2, 0.25) is 5.82 Å². The Labute approximate surface area is 140 Å². The third-order valence-electron chi connectivity index (χ3n) is 2.86. The number of aromatic hydroxyl groups is 1. The molecule has 0 bridgehead atoms. The largest absolute Gasteiger partial charge is 0.503 e. The first-order chi connectivity index (χ1) is 10.9. The van der Waals surface area contributed by atoms with Crippen molar-refractivity contribution in [1.29, 1.82) is 0 Å². The number of pyridine rings is 1. The highest BCUT2D eigenvalue weighted by Gasteiger charge is 2.14. The summed E-state index contributed by atoms with van der Waals surface area (Å²) in [6.45, 7) is 1.72. The first kappa shape index (κ1) is 16.7. The minimum Gasteiger partial charge on any atom is -0.503 e. The minimum atomic E-state index is -0.537. The van der Waals surface area contributed by atoms with Crippen molar-refractivity contribution in [2.24, 2.45) is 5.10 Å². The molecule has 0 radical (unpaired) electrons. The van der Waals surface area contributed by atoms with E-state index in [1.54, 1.807) is 25.1 Å². The molecule has 120 valence electrons. The van der Waals surface area contributed by atoms with E-state index in [1.807, 2.05) is 0 Å². The van der Waals surface area contributed by atoms with Gasteiger partial charge in [-0.05, 0) is 46.6 Å². The molecule has 0 aliphatic carbocycles. The first-order valence-corrected chi connectivity index (χ1v) is 7.19. The molecule has 0 amide bonds. The van der Waals surface area contributed by atoms with Crippen molar-refractivity contribution in [3.63, 3.8) is 0 Å². The van der Waals surface area contributed by atoms with Crippen molar-refractivity contribution in [3.8, 4) is 11.5 Å². The lowest BCUT2D eigenvalue weighted by molar-refractivity contribution is -0.384. The van der Waals surface area contributed by atoms with E-state index in [4.69, 9.17) is 4.74 Å². The molecule has 0 saturated carbocycles. The normalized spacial score (nSPS) is 10.7. The van der Waals surface area contributed by atoms with Crippen LogP contribution in [-0.2, 0) is 0 Å². The summed E-state index contributed by atoms with van der Waals surface area (Å²) >= 11 is 3.20. The van der Waals surface area contributed by atoms with Gasteiger partial charge in [-0.3, -0.25) is 15.5 Å². The van der Waals surface area contributed by atoms with Crippen LogP contribution in [0.1, 0.15) is 11.3 Å². The number of anilines is 1. The number of benzene rings is 1. The zero-order valence-electron chi connectivity index (χ0n) is 12.3. The number of nitro groups is 1. The van der Waals surface area contributed by atoms with Gasteiger partial charge < -0.3 is 9.84 Å². The number of nitrogens with one attached hydrogen (secondary N) is 1. The van der Waals surface area contributed by atoms with Crippen molar-refractivity contribution in [2.45, 2.75) is 6.92 Å². The summed E-state index contributed by atoms with van der Waals surface area (Å²) in [5.74, 6) is 0.310. The van der Waals surface area contributed by atoms with Crippen LogP contribution in [0.5, 0.6) is 11.5 Å². The average molecular weight is 381 g/mol. The van der Waals surface area contributed by atoms with Crippen LogP contribution in [0.3, 0.4) is 0 Å². The minimum absolute atomic E-state index is 0.0198. The standard InChI is InChI=1S/C14H13BrN4O4/c1-8-3-4-11(19(21)22)14(17-8)18-16-7-9-5-10(15)13(20)12(6-9)23-2/h3-7,20H,1-2H3,(H,17,18)/b16-7-. The number of hydrazone groups is 1. The summed E-state index contributed by atoms with van der Waals surface area (Å²) in [6.07, 6.45) is 1.43. The summed E-state index contributed by atoms with van der Waals surface area (Å²) in [5, 5.41) is 24.6. The lowest BCUT2D eigenvalue weighted by Crippen LogP contribution is -2.00. The molecule has 0 aliphatic heterocycles. The molecule has 0 spiro atoms. The Balaban J connectivity index is 2.24. The van der Waals surface area contributed by atoms with E-state index in [9.17, 15) is 15.2 Å². The number of hydrogen-bond donors (Lipinski definition) is 2. The first-order valence-electron chi connectivity index (χ1n) is 6.40. The molecule has 1 aromatic carbocycles. The number of ether oxygens (including phenoxy) is 1. The number of nitrogens with zero attached hydrogens (tertiary/aromatic N) is 3. The number of halogens is 1. The van der Waals surface area contributed by atoms with Crippen LogP contribution >= 0.6 is 15.9 Å². The Kier molecular flexibility index (Phi) is 5.12. The second kappa shape index (κ2) is 7.05. The topological polar surface area (TPSA) is 110 Å². The van der Waals surface area contributed by atoms with Crippen LogP contribution in [0.15, 0.2) is 33.8 Å². The Morgan fingerprint density at radius 3 is 2.87 bits per heavy atom. The number of phenols is 1. The number of aromatic nitrogens is 1. The van der Waals surface area contributed by atoms with Crippen LogP contribution < -0.4 is 10.2 Å². The summed E-state index contributed by atoms with van der Waals surface area (Å²) in [7, 11) is 1.43. The van der Waals surface area contributed by atoms with Crippen molar-refractivity contribution in [2.75, 3.05) is 12.5 Å². The molecule has 1 aromatic heterocycles. The number of methoxy groups -OCH3 is 1. The van der Waals surface area contributed by atoms with Gasteiger partial charge in [-0.15, -0.1) is 0 Å². The van der Waals surface area contributed by atoms with E-state index in [2.05, 4.69) is 31.4 Å². The molecule has 0 unspecified atom stereocenters. The zero-order chi connectivity index (χ0) is 17.0. The monoisotopic (exact) mass is 380 g/mol. The fraction of sp³-hybridized carbons (Fsp3) is 0.143. The average Bonchev–Trinajstić information content (AvgIpc) is 2.50. The second-order valence-corrected chi connectivity index (χ2v) is 5.36. The highest BCUT2D eigenvalue weighted by Crippen LogP contribution is 2.34. The Morgan fingerprint density at radius 1 is 1.48 bits per heavy atom. The maximum atomic E-state index is 11.0. The molecule has 0 saturated heterocycles. The number of aryl methyl sites for hydroxylation is 1. The van der Waals surface area contributed by atoms with Crippen molar-refractivity contribution >= 4 is 33.6 Å². The molecule has 9 heteroatoms. The van der Waals surface area contributed by atoms with E-state index in [0.29, 0.717) is 15.7 Å². The van der Waals surface area contributed by atoms with Crippen LogP contribution in [0.2, 0.25) is 0 Å². The number of rotatable bonds is 5. The van der Waals surface area contributed by atoms with Gasteiger partial charge in [0.25, 0.3) is 0 Å². The predicted octanol–water partition coefficient (Wildman–Crippen LogP) is 3.22. The fourth-order valence-corrected chi connectivity index (χ4v) is 2.23. The summed E-state index contributed by atoms with van der Waals surface area (Å²) < 4.78 is 5.48. The van der Waals surface area contributed by atoms with Gasteiger partial charge >= 0.3 is 5.69 Å². The lowest BCUT2D eigenvalue weighted by atomic mass is 10.2. The third kappa shape index (κ3) is 3.95. The molecular formula is C14H13BrN4O4. The molecule has 0 atom stereocenters. The van der Waals surface area contributed by atoms with Crippen molar-refractivity contribution in [3.05, 3.63) is 50.1 Å². The fourth-order valence-electron chi connectivity index (χ4n) is 1.77. The van der Waals surface area contributed by atoms with Crippen LogP contribution in [0.25, 0.3) is 0 Å². The van der Waals surface area contributed by atoms with E-state index in [0.717, 1.165) is 0 Å². The molecule has 0 aliphatic rings. The molecule has 2 aromatic rings. The van der Waals surface area contributed by atoms with Crippen LogP contribution in [0, 0.1) is 17.0 Å². The van der Waals surface area contributed by atoms with Gasteiger partial charge in [0.05, 0.1) is 22.7 Å². The predicted molar refractivity (Wildman–Crippen MR) is 89.2 cm³/mol. The summed E-state index contributed by atoms with van der Waals surface area (Å²) in [5.41, 5.74) is 3.63. The zero-order valence-corrected chi connectivity index (χ0v) is 13.9. The molecule has 8 nitrogen and oxygen atoms in total. The Bertz CT molecular complexity index is 780. The van der Waals surface area contributed by atoms with Crippen LogP contribution in [-0.4, -0.2) is 28.3 Å². The number of hydrogen-bond acceptors (Lipinski definition) is 7. The highest BCUT2D eigenvalue weighted by atomic mass is 79.9. The molecule has 2 rings (SSSR count). The van der Waals surface area contributed by atoms with E-state index in [1.165, 1.54) is 19.4 Å². The van der Waals surface area contributed by atoms with Crippen LogP contribution in [0.4, 0.5) is 11.5 Å². The van der Waals surface area contributed by atoms with Gasteiger partial charge in [0, 0.05) is 11.8 Å². The molecule has 2 N–H and O–H groups in total. The quantitative estimate of drug-likeness (QED) is 0.468. The van der Waals surface area contributed by atoms with Crippen molar-refractivity contribution in [1.82, 2.24) is 4.98 Å². The third-order valence-corrected chi connectivity index (χ3v) is 3.47. The van der Waals surface area contributed by atoms with Gasteiger partial charge in [-0.25, -0.2) is 4.98 Å². The van der Waals surface area contributed by atoms with E-state index >= 15 is 0 Å². The molecule has 1 heterocycles. The van der Waals surface area contributed by atoms with E-state index < -0.39 is 4.92 Å². The molecule has 0 fully saturated rings. The van der Waals surface area contributed by atoms with E-state index in [-0.39, 0.29) is 23.0 Å². The van der Waals surface area contributed by atoms with Crippen molar-refractivity contribution < 1.29 is 14.8 Å². The Morgan fingerprint density at radius 2 is 2.22 bits per heavy atom.